The maximum Gasteiger partial charge on any atom is 0.191 e. The van der Waals surface area contributed by atoms with E-state index in [4.69, 9.17) is 11.6 Å². The van der Waals surface area contributed by atoms with Crippen molar-refractivity contribution >= 4 is 41.5 Å². The van der Waals surface area contributed by atoms with Gasteiger partial charge in [0, 0.05) is 25.2 Å². The summed E-state index contributed by atoms with van der Waals surface area (Å²) in [6, 6.07) is 7.87. The summed E-state index contributed by atoms with van der Waals surface area (Å²) in [6.07, 6.45) is 5.43. The molecular weight excluding hydrogens is 385 g/mol. The average Bonchev–Trinajstić information content (AvgIpc) is 3.22. The maximum absolute atomic E-state index is 5.96. The molecule has 3 nitrogen and oxygen atoms in total. The van der Waals surface area contributed by atoms with E-state index in [1.807, 2.05) is 18.2 Å². The van der Waals surface area contributed by atoms with Crippen molar-refractivity contribution in [3.63, 3.8) is 0 Å². The molecule has 5 heteroatoms. The van der Waals surface area contributed by atoms with E-state index >= 15 is 0 Å². The number of halogens is 2. The first-order valence-electron chi connectivity index (χ1n) is 6.97. The molecule has 1 aliphatic carbocycles. The molecule has 1 aliphatic rings. The van der Waals surface area contributed by atoms with Crippen LogP contribution in [0, 0.1) is 5.92 Å². The minimum absolute atomic E-state index is 0. The van der Waals surface area contributed by atoms with Gasteiger partial charge in [0.05, 0.1) is 0 Å². The highest BCUT2D eigenvalue weighted by atomic mass is 127. The quantitative estimate of drug-likeness (QED) is 0.326. The Morgan fingerprint density at radius 2 is 2.15 bits per heavy atom. The zero-order valence-electron chi connectivity index (χ0n) is 11.9. The van der Waals surface area contributed by atoms with Crippen LogP contribution in [0.5, 0.6) is 0 Å². The Balaban J connectivity index is 0.00000200. The van der Waals surface area contributed by atoms with Crippen LogP contribution in [0.2, 0.25) is 5.02 Å². The van der Waals surface area contributed by atoms with Crippen molar-refractivity contribution in [2.75, 3.05) is 13.6 Å². The van der Waals surface area contributed by atoms with Crippen molar-refractivity contribution in [1.82, 2.24) is 10.6 Å². The predicted octanol–water partition coefficient (Wildman–Crippen LogP) is 3.81. The molecule has 0 aromatic heterocycles. The van der Waals surface area contributed by atoms with Gasteiger partial charge in [0.15, 0.2) is 5.96 Å². The zero-order valence-corrected chi connectivity index (χ0v) is 14.9. The van der Waals surface area contributed by atoms with Crippen LogP contribution in [0.25, 0.3) is 0 Å². The number of rotatable bonds is 6. The summed E-state index contributed by atoms with van der Waals surface area (Å²) in [5, 5.41) is 7.41. The van der Waals surface area contributed by atoms with E-state index in [9.17, 15) is 0 Å². The lowest BCUT2D eigenvalue weighted by atomic mass is 10.2. The first-order chi connectivity index (χ1) is 9.28. The van der Waals surface area contributed by atoms with Crippen molar-refractivity contribution < 1.29 is 0 Å². The summed E-state index contributed by atoms with van der Waals surface area (Å²) in [4.78, 5) is 4.22. The SMILES string of the molecule is CN=C(NCCCC1CC1)NCc1cccc(Cl)c1.I. The number of aliphatic imine (C=N–C) groups is 1. The summed E-state index contributed by atoms with van der Waals surface area (Å²) >= 11 is 5.96. The molecule has 0 amide bonds. The van der Waals surface area contributed by atoms with E-state index in [0.717, 1.165) is 35.6 Å². The number of hydrogen-bond acceptors (Lipinski definition) is 1. The molecular formula is C15H23ClIN3. The van der Waals surface area contributed by atoms with Crippen LogP contribution in [0.3, 0.4) is 0 Å². The molecule has 0 unspecified atom stereocenters. The predicted molar refractivity (Wildman–Crippen MR) is 97.0 cm³/mol. The molecule has 0 spiro atoms. The van der Waals surface area contributed by atoms with Gasteiger partial charge in [-0.3, -0.25) is 4.99 Å². The molecule has 0 heterocycles. The summed E-state index contributed by atoms with van der Waals surface area (Å²) in [7, 11) is 1.80. The standard InChI is InChI=1S/C15H22ClN3.HI/c1-17-15(18-9-3-5-12-7-8-12)19-11-13-4-2-6-14(16)10-13;/h2,4,6,10,12H,3,5,7-9,11H2,1H3,(H2,17,18,19);1H. The molecule has 0 atom stereocenters. The van der Waals surface area contributed by atoms with E-state index in [2.05, 4.69) is 21.7 Å². The van der Waals surface area contributed by atoms with E-state index in [-0.39, 0.29) is 24.0 Å². The van der Waals surface area contributed by atoms with Gasteiger partial charge in [0.1, 0.15) is 0 Å². The Bertz CT molecular complexity index is 433. The number of guanidine groups is 1. The lowest BCUT2D eigenvalue weighted by Gasteiger charge is -2.12. The smallest absolute Gasteiger partial charge is 0.191 e. The van der Waals surface area contributed by atoms with E-state index < -0.39 is 0 Å². The Morgan fingerprint density at radius 1 is 1.35 bits per heavy atom. The van der Waals surface area contributed by atoms with Crippen LogP contribution in [0.4, 0.5) is 0 Å². The molecule has 0 bridgehead atoms. The van der Waals surface area contributed by atoms with E-state index in [0.29, 0.717) is 0 Å². The monoisotopic (exact) mass is 407 g/mol. The highest BCUT2D eigenvalue weighted by Gasteiger charge is 2.19. The molecule has 1 fully saturated rings. The summed E-state index contributed by atoms with van der Waals surface area (Å²) < 4.78 is 0. The third kappa shape index (κ3) is 6.79. The zero-order chi connectivity index (χ0) is 13.5. The average molecular weight is 408 g/mol. The van der Waals surface area contributed by atoms with Gasteiger partial charge in [0.25, 0.3) is 0 Å². The van der Waals surface area contributed by atoms with E-state index in [1.165, 1.54) is 25.7 Å². The second kappa shape index (κ2) is 9.45. The summed E-state index contributed by atoms with van der Waals surface area (Å²) in [6.45, 7) is 1.73. The molecule has 112 valence electrons. The second-order valence-electron chi connectivity index (χ2n) is 5.07. The van der Waals surface area contributed by atoms with Gasteiger partial charge in [-0.25, -0.2) is 0 Å². The Morgan fingerprint density at radius 3 is 2.80 bits per heavy atom. The Kier molecular flexibility index (Phi) is 8.30. The lowest BCUT2D eigenvalue weighted by Crippen LogP contribution is -2.37. The topological polar surface area (TPSA) is 36.4 Å². The minimum Gasteiger partial charge on any atom is -0.356 e. The van der Waals surface area contributed by atoms with Crippen LogP contribution in [0.1, 0.15) is 31.2 Å². The summed E-state index contributed by atoms with van der Waals surface area (Å²) in [5.41, 5.74) is 1.16. The Hall–Kier alpha value is -0.490. The number of nitrogens with zero attached hydrogens (tertiary/aromatic N) is 1. The van der Waals surface area contributed by atoms with Gasteiger partial charge in [-0.05, 0) is 36.5 Å². The molecule has 1 aromatic carbocycles. The van der Waals surface area contributed by atoms with Crippen LogP contribution in [0.15, 0.2) is 29.3 Å². The maximum atomic E-state index is 5.96. The van der Waals surface area contributed by atoms with Crippen molar-refractivity contribution in [2.45, 2.75) is 32.2 Å². The van der Waals surface area contributed by atoms with Crippen LogP contribution in [-0.4, -0.2) is 19.6 Å². The van der Waals surface area contributed by atoms with Gasteiger partial charge >= 0.3 is 0 Å². The fourth-order valence-electron chi connectivity index (χ4n) is 2.06. The number of benzene rings is 1. The van der Waals surface area contributed by atoms with Crippen LogP contribution in [-0.2, 0) is 6.54 Å². The fraction of sp³-hybridized carbons (Fsp3) is 0.533. The highest BCUT2D eigenvalue weighted by molar-refractivity contribution is 14.0. The molecule has 20 heavy (non-hydrogen) atoms. The normalized spacial score (nSPS) is 14.6. The molecule has 0 radical (unpaired) electrons. The first kappa shape index (κ1) is 17.6. The largest absolute Gasteiger partial charge is 0.356 e. The third-order valence-electron chi connectivity index (χ3n) is 3.35. The first-order valence-corrected chi connectivity index (χ1v) is 7.34. The van der Waals surface area contributed by atoms with Crippen LogP contribution < -0.4 is 10.6 Å². The van der Waals surface area contributed by atoms with Crippen molar-refractivity contribution in [2.24, 2.45) is 10.9 Å². The molecule has 1 aromatic rings. The minimum atomic E-state index is 0. The highest BCUT2D eigenvalue weighted by Crippen LogP contribution is 2.33. The molecule has 1 saturated carbocycles. The molecule has 0 aliphatic heterocycles. The molecule has 2 rings (SSSR count). The molecule has 0 saturated heterocycles. The lowest BCUT2D eigenvalue weighted by molar-refractivity contribution is 0.644. The van der Waals surface area contributed by atoms with Gasteiger partial charge in [-0.2, -0.15) is 0 Å². The van der Waals surface area contributed by atoms with Crippen molar-refractivity contribution in [1.29, 1.82) is 0 Å². The van der Waals surface area contributed by atoms with Crippen molar-refractivity contribution in [3.05, 3.63) is 34.9 Å². The number of nitrogens with one attached hydrogen (secondary N) is 2. The van der Waals surface area contributed by atoms with Gasteiger partial charge in [0.2, 0.25) is 0 Å². The Labute approximate surface area is 143 Å². The number of hydrogen-bond donors (Lipinski definition) is 2. The fourth-order valence-corrected chi connectivity index (χ4v) is 2.27. The van der Waals surface area contributed by atoms with Gasteiger partial charge < -0.3 is 10.6 Å². The summed E-state index contributed by atoms with van der Waals surface area (Å²) in [5.74, 6) is 1.86. The van der Waals surface area contributed by atoms with Crippen molar-refractivity contribution in [3.8, 4) is 0 Å². The van der Waals surface area contributed by atoms with Crippen LogP contribution >= 0.6 is 35.6 Å². The third-order valence-corrected chi connectivity index (χ3v) is 3.59. The van der Waals surface area contributed by atoms with Gasteiger partial charge in [-0.15, -0.1) is 24.0 Å². The second-order valence-corrected chi connectivity index (χ2v) is 5.50. The molecule has 2 N–H and O–H groups in total. The van der Waals surface area contributed by atoms with E-state index in [1.54, 1.807) is 7.05 Å². The van der Waals surface area contributed by atoms with Gasteiger partial charge in [-0.1, -0.05) is 36.6 Å².